The summed E-state index contributed by atoms with van der Waals surface area (Å²) in [6.45, 7) is 2.91. The van der Waals surface area contributed by atoms with Gasteiger partial charge in [-0.1, -0.05) is 12.1 Å². The molecule has 0 N–H and O–H groups in total. The quantitative estimate of drug-likeness (QED) is 0.605. The van der Waals surface area contributed by atoms with E-state index in [0.29, 0.717) is 6.61 Å². The van der Waals surface area contributed by atoms with Gasteiger partial charge in [-0.3, -0.25) is 0 Å². The first kappa shape index (κ1) is 14.9. The SMILES string of the molecule is CCOC(=O)C=Cc1cccn1Cc1ccc(OC)cc1. The molecule has 0 saturated heterocycles. The van der Waals surface area contributed by atoms with E-state index in [4.69, 9.17) is 9.47 Å². The molecule has 0 amide bonds. The van der Waals surface area contributed by atoms with Crippen LogP contribution in [0.25, 0.3) is 6.08 Å². The summed E-state index contributed by atoms with van der Waals surface area (Å²) in [7, 11) is 1.65. The van der Waals surface area contributed by atoms with E-state index in [1.54, 1.807) is 20.1 Å². The van der Waals surface area contributed by atoms with Gasteiger partial charge >= 0.3 is 5.97 Å². The van der Waals surface area contributed by atoms with Crippen LogP contribution in [-0.2, 0) is 16.1 Å². The topological polar surface area (TPSA) is 40.5 Å². The second-order valence-corrected chi connectivity index (χ2v) is 4.49. The van der Waals surface area contributed by atoms with Crippen molar-refractivity contribution < 1.29 is 14.3 Å². The van der Waals surface area contributed by atoms with Gasteiger partial charge < -0.3 is 14.0 Å². The second kappa shape index (κ2) is 7.33. The Balaban J connectivity index is 2.07. The summed E-state index contributed by atoms with van der Waals surface area (Å²) in [6.07, 6.45) is 5.19. The van der Waals surface area contributed by atoms with Crippen LogP contribution in [0.1, 0.15) is 18.2 Å². The Hall–Kier alpha value is -2.49. The largest absolute Gasteiger partial charge is 0.497 e. The van der Waals surface area contributed by atoms with Crippen molar-refractivity contribution in [1.29, 1.82) is 0 Å². The Morgan fingerprint density at radius 2 is 2.00 bits per heavy atom. The molecule has 2 rings (SSSR count). The predicted octanol–water partition coefficient (Wildman–Crippen LogP) is 3.12. The number of rotatable bonds is 6. The Morgan fingerprint density at radius 3 is 2.67 bits per heavy atom. The first-order chi connectivity index (χ1) is 10.2. The normalized spacial score (nSPS) is 10.8. The van der Waals surface area contributed by atoms with E-state index in [0.717, 1.165) is 23.6 Å². The van der Waals surface area contributed by atoms with Crippen molar-refractivity contribution in [3.63, 3.8) is 0 Å². The van der Waals surface area contributed by atoms with Gasteiger partial charge in [-0.05, 0) is 42.8 Å². The fourth-order valence-electron chi connectivity index (χ4n) is 1.99. The molecule has 0 fully saturated rings. The first-order valence-corrected chi connectivity index (χ1v) is 6.86. The number of aromatic nitrogens is 1. The maximum atomic E-state index is 11.3. The Kier molecular flexibility index (Phi) is 5.21. The van der Waals surface area contributed by atoms with E-state index in [9.17, 15) is 4.79 Å². The third kappa shape index (κ3) is 4.24. The molecule has 0 bridgehead atoms. The van der Waals surface area contributed by atoms with Crippen LogP contribution in [0.4, 0.5) is 0 Å². The highest BCUT2D eigenvalue weighted by Gasteiger charge is 2.01. The number of methoxy groups -OCH3 is 1. The zero-order valence-corrected chi connectivity index (χ0v) is 12.3. The highest BCUT2D eigenvalue weighted by molar-refractivity contribution is 5.86. The van der Waals surface area contributed by atoms with Crippen LogP contribution in [0.2, 0.25) is 0 Å². The fraction of sp³-hybridized carbons (Fsp3) is 0.235. The fourth-order valence-corrected chi connectivity index (χ4v) is 1.99. The van der Waals surface area contributed by atoms with E-state index < -0.39 is 0 Å². The summed E-state index contributed by atoms with van der Waals surface area (Å²) in [5.74, 6) is 0.517. The molecule has 0 aliphatic carbocycles. The third-order valence-electron chi connectivity index (χ3n) is 3.05. The Bertz CT molecular complexity index is 611. The average Bonchev–Trinajstić information content (AvgIpc) is 2.93. The molecule has 0 aliphatic heterocycles. The van der Waals surface area contributed by atoms with Gasteiger partial charge in [0.2, 0.25) is 0 Å². The van der Waals surface area contributed by atoms with Crippen molar-refractivity contribution >= 4 is 12.0 Å². The molecular weight excluding hydrogens is 266 g/mol. The van der Waals surface area contributed by atoms with E-state index in [-0.39, 0.29) is 5.97 Å². The van der Waals surface area contributed by atoms with Crippen LogP contribution < -0.4 is 4.74 Å². The molecule has 1 aromatic heterocycles. The Morgan fingerprint density at radius 1 is 1.24 bits per heavy atom. The molecule has 1 heterocycles. The molecule has 4 nitrogen and oxygen atoms in total. The van der Waals surface area contributed by atoms with Crippen molar-refractivity contribution in [1.82, 2.24) is 4.57 Å². The van der Waals surface area contributed by atoms with Crippen LogP contribution in [0.15, 0.2) is 48.7 Å². The van der Waals surface area contributed by atoms with E-state index in [2.05, 4.69) is 4.57 Å². The molecule has 0 atom stereocenters. The zero-order chi connectivity index (χ0) is 15.1. The van der Waals surface area contributed by atoms with Crippen LogP contribution in [0.3, 0.4) is 0 Å². The van der Waals surface area contributed by atoms with Crippen molar-refractivity contribution in [3.8, 4) is 5.75 Å². The highest BCUT2D eigenvalue weighted by Crippen LogP contribution is 2.14. The van der Waals surface area contributed by atoms with Crippen molar-refractivity contribution in [2.75, 3.05) is 13.7 Å². The summed E-state index contributed by atoms with van der Waals surface area (Å²) in [6, 6.07) is 11.8. The third-order valence-corrected chi connectivity index (χ3v) is 3.05. The van der Waals surface area contributed by atoms with Gasteiger partial charge in [0.15, 0.2) is 0 Å². The van der Waals surface area contributed by atoms with Crippen molar-refractivity contribution in [2.24, 2.45) is 0 Å². The van der Waals surface area contributed by atoms with Gasteiger partial charge in [0.25, 0.3) is 0 Å². The molecule has 0 saturated carbocycles. The molecule has 0 unspecified atom stereocenters. The molecule has 1 aromatic carbocycles. The van der Waals surface area contributed by atoms with E-state index in [1.807, 2.05) is 42.6 Å². The van der Waals surface area contributed by atoms with Gasteiger partial charge in [-0.15, -0.1) is 0 Å². The maximum absolute atomic E-state index is 11.3. The number of hydrogen-bond donors (Lipinski definition) is 0. The van der Waals surface area contributed by atoms with Crippen LogP contribution in [0.5, 0.6) is 5.75 Å². The van der Waals surface area contributed by atoms with Crippen molar-refractivity contribution in [2.45, 2.75) is 13.5 Å². The minimum absolute atomic E-state index is 0.324. The van der Waals surface area contributed by atoms with Gasteiger partial charge in [0.1, 0.15) is 5.75 Å². The van der Waals surface area contributed by atoms with Crippen molar-refractivity contribution in [3.05, 3.63) is 59.9 Å². The number of benzene rings is 1. The van der Waals surface area contributed by atoms with Gasteiger partial charge in [0.05, 0.1) is 13.7 Å². The molecule has 0 radical (unpaired) electrons. The standard InChI is InChI=1S/C17H19NO3/c1-3-21-17(19)11-8-15-5-4-12-18(15)13-14-6-9-16(20-2)10-7-14/h4-12H,3,13H2,1-2H3. The number of nitrogens with zero attached hydrogens (tertiary/aromatic N) is 1. The summed E-state index contributed by atoms with van der Waals surface area (Å²) >= 11 is 0. The molecule has 4 heteroatoms. The van der Waals surface area contributed by atoms with Crippen LogP contribution in [-0.4, -0.2) is 24.3 Å². The van der Waals surface area contributed by atoms with Crippen LogP contribution >= 0.6 is 0 Å². The number of esters is 1. The summed E-state index contributed by atoms with van der Waals surface area (Å²) < 4.78 is 12.1. The number of carbonyl (C=O) groups is 1. The highest BCUT2D eigenvalue weighted by atomic mass is 16.5. The van der Waals surface area contributed by atoms with Gasteiger partial charge in [-0.2, -0.15) is 0 Å². The molecular formula is C17H19NO3. The summed E-state index contributed by atoms with van der Waals surface area (Å²) in [5.41, 5.74) is 2.12. The molecule has 0 spiro atoms. The average molecular weight is 285 g/mol. The lowest BCUT2D eigenvalue weighted by atomic mass is 10.2. The minimum Gasteiger partial charge on any atom is -0.497 e. The summed E-state index contributed by atoms with van der Waals surface area (Å²) in [5, 5.41) is 0. The minimum atomic E-state index is -0.324. The van der Waals surface area contributed by atoms with E-state index >= 15 is 0 Å². The van der Waals surface area contributed by atoms with Gasteiger partial charge in [0, 0.05) is 24.5 Å². The van der Waals surface area contributed by atoms with Gasteiger partial charge in [-0.25, -0.2) is 4.79 Å². The monoisotopic (exact) mass is 285 g/mol. The number of hydrogen-bond acceptors (Lipinski definition) is 3. The Labute approximate surface area is 124 Å². The smallest absolute Gasteiger partial charge is 0.330 e. The summed E-state index contributed by atoms with van der Waals surface area (Å²) in [4.78, 5) is 11.3. The number of carbonyl (C=O) groups excluding carboxylic acids is 1. The van der Waals surface area contributed by atoms with E-state index in [1.165, 1.54) is 6.08 Å². The maximum Gasteiger partial charge on any atom is 0.330 e. The zero-order valence-electron chi connectivity index (χ0n) is 12.3. The molecule has 21 heavy (non-hydrogen) atoms. The first-order valence-electron chi connectivity index (χ1n) is 6.86. The van der Waals surface area contributed by atoms with Crippen LogP contribution in [0, 0.1) is 0 Å². The lowest BCUT2D eigenvalue weighted by Crippen LogP contribution is -2.02. The number of ether oxygens (including phenoxy) is 2. The molecule has 0 aliphatic rings. The molecule has 2 aromatic rings. The predicted molar refractivity (Wildman–Crippen MR) is 82.2 cm³/mol. The lowest BCUT2D eigenvalue weighted by Gasteiger charge is -2.07. The lowest BCUT2D eigenvalue weighted by molar-refractivity contribution is -0.137. The molecule has 110 valence electrons. The second-order valence-electron chi connectivity index (χ2n) is 4.49.